The fourth-order valence-corrected chi connectivity index (χ4v) is 2.70. The molecule has 1 aromatic heterocycles. The van der Waals surface area contributed by atoms with Crippen LogP contribution >= 0.6 is 0 Å². The third-order valence-corrected chi connectivity index (χ3v) is 4.15. The predicted molar refractivity (Wildman–Crippen MR) is 82.0 cm³/mol. The quantitative estimate of drug-likeness (QED) is 0.746. The number of nitrogens with zero attached hydrogens (tertiary/aromatic N) is 3. The van der Waals surface area contributed by atoms with Crippen molar-refractivity contribution in [3.63, 3.8) is 0 Å². The normalized spacial score (nSPS) is 22.9. The van der Waals surface area contributed by atoms with Gasteiger partial charge < -0.3 is 21.3 Å². The summed E-state index contributed by atoms with van der Waals surface area (Å²) in [6, 6.07) is 2.55. The van der Waals surface area contributed by atoms with Gasteiger partial charge in [-0.05, 0) is 38.6 Å². The SMILES string of the molecule is CNC1CCCN(c2cc(NCC3CC3)nc(N)n2)C1. The molecule has 1 saturated heterocycles. The van der Waals surface area contributed by atoms with E-state index in [4.69, 9.17) is 5.73 Å². The smallest absolute Gasteiger partial charge is 0.223 e. The molecule has 1 saturated carbocycles. The zero-order valence-corrected chi connectivity index (χ0v) is 12.1. The molecule has 1 unspecified atom stereocenters. The van der Waals surface area contributed by atoms with Crippen molar-refractivity contribution in [2.45, 2.75) is 31.7 Å². The molecule has 2 aliphatic rings. The summed E-state index contributed by atoms with van der Waals surface area (Å²) in [5.74, 6) is 2.97. The highest BCUT2D eigenvalue weighted by molar-refractivity contribution is 5.53. The monoisotopic (exact) mass is 276 g/mol. The molecule has 2 fully saturated rings. The van der Waals surface area contributed by atoms with Crippen LogP contribution in [0.3, 0.4) is 0 Å². The fourth-order valence-electron chi connectivity index (χ4n) is 2.70. The molecule has 20 heavy (non-hydrogen) atoms. The van der Waals surface area contributed by atoms with E-state index in [9.17, 15) is 0 Å². The number of nitrogens with one attached hydrogen (secondary N) is 2. The minimum atomic E-state index is 0.354. The first-order chi connectivity index (χ1) is 9.74. The highest BCUT2D eigenvalue weighted by atomic mass is 15.2. The van der Waals surface area contributed by atoms with Gasteiger partial charge >= 0.3 is 0 Å². The van der Waals surface area contributed by atoms with E-state index in [0.29, 0.717) is 12.0 Å². The second-order valence-corrected chi connectivity index (χ2v) is 5.87. The van der Waals surface area contributed by atoms with Crippen molar-refractivity contribution in [1.29, 1.82) is 0 Å². The number of likely N-dealkylation sites (N-methyl/N-ethyl adjacent to an activating group) is 1. The highest BCUT2D eigenvalue weighted by Crippen LogP contribution is 2.29. The van der Waals surface area contributed by atoms with E-state index in [2.05, 4.69) is 25.5 Å². The van der Waals surface area contributed by atoms with Crippen LogP contribution in [0.2, 0.25) is 0 Å². The lowest BCUT2D eigenvalue weighted by molar-refractivity contribution is 0.447. The van der Waals surface area contributed by atoms with Crippen LogP contribution in [0, 0.1) is 5.92 Å². The van der Waals surface area contributed by atoms with Gasteiger partial charge in [-0.3, -0.25) is 0 Å². The molecule has 0 spiro atoms. The van der Waals surface area contributed by atoms with Crippen LogP contribution in [0.1, 0.15) is 25.7 Å². The number of anilines is 3. The van der Waals surface area contributed by atoms with Gasteiger partial charge in [-0.15, -0.1) is 0 Å². The number of nitrogen functional groups attached to an aromatic ring is 1. The van der Waals surface area contributed by atoms with E-state index in [1.807, 2.05) is 13.1 Å². The number of nitrogens with two attached hydrogens (primary N) is 1. The number of aromatic nitrogens is 2. The van der Waals surface area contributed by atoms with Crippen LogP contribution < -0.4 is 21.3 Å². The molecular formula is C14H24N6. The van der Waals surface area contributed by atoms with Crippen LogP contribution in [0.5, 0.6) is 0 Å². The first-order valence-corrected chi connectivity index (χ1v) is 7.55. The van der Waals surface area contributed by atoms with Crippen molar-refractivity contribution in [3.8, 4) is 0 Å². The molecule has 6 heteroatoms. The van der Waals surface area contributed by atoms with Crippen molar-refractivity contribution in [1.82, 2.24) is 15.3 Å². The summed E-state index contributed by atoms with van der Waals surface area (Å²) in [4.78, 5) is 11.0. The maximum atomic E-state index is 5.85. The van der Waals surface area contributed by atoms with Gasteiger partial charge in [-0.1, -0.05) is 0 Å². The second-order valence-electron chi connectivity index (χ2n) is 5.87. The van der Waals surface area contributed by atoms with Gasteiger partial charge in [0, 0.05) is 31.7 Å². The summed E-state index contributed by atoms with van der Waals surface area (Å²) < 4.78 is 0. The Balaban J connectivity index is 1.70. The van der Waals surface area contributed by atoms with E-state index in [1.165, 1.54) is 25.7 Å². The van der Waals surface area contributed by atoms with Crippen molar-refractivity contribution < 1.29 is 0 Å². The van der Waals surface area contributed by atoms with E-state index in [-0.39, 0.29) is 0 Å². The van der Waals surface area contributed by atoms with Crippen molar-refractivity contribution in [3.05, 3.63) is 6.07 Å². The third kappa shape index (κ3) is 3.30. The predicted octanol–water partition coefficient (Wildman–Crippen LogP) is 1.07. The Morgan fingerprint density at radius 2 is 2.20 bits per heavy atom. The summed E-state index contributed by atoms with van der Waals surface area (Å²) in [5.41, 5.74) is 5.85. The molecule has 110 valence electrons. The lowest BCUT2D eigenvalue weighted by atomic mass is 10.1. The summed E-state index contributed by atoms with van der Waals surface area (Å²) in [6.45, 7) is 3.01. The van der Waals surface area contributed by atoms with Gasteiger partial charge in [0.25, 0.3) is 0 Å². The lowest BCUT2D eigenvalue weighted by Gasteiger charge is -2.33. The minimum absolute atomic E-state index is 0.354. The Morgan fingerprint density at radius 3 is 2.95 bits per heavy atom. The van der Waals surface area contributed by atoms with E-state index in [0.717, 1.165) is 37.2 Å². The van der Waals surface area contributed by atoms with Crippen molar-refractivity contribution in [2.75, 3.05) is 42.6 Å². The molecule has 3 rings (SSSR count). The summed E-state index contributed by atoms with van der Waals surface area (Å²) in [6.07, 6.45) is 5.06. The van der Waals surface area contributed by atoms with E-state index in [1.54, 1.807) is 0 Å². The van der Waals surface area contributed by atoms with Gasteiger partial charge in [0.15, 0.2) is 0 Å². The molecule has 1 aliphatic carbocycles. The Bertz CT molecular complexity index is 459. The van der Waals surface area contributed by atoms with Crippen LogP contribution in [0.25, 0.3) is 0 Å². The first kappa shape index (κ1) is 13.4. The Kier molecular flexibility index (Phi) is 3.91. The summed E-state index contributed by atoms with van der Waals surface area (Å²) >= 11 is 0. The standard InChI is InChI=1S/C14H24N6/c1-16-11-3-2-6-20(9-11)13-7-12(18-14(15)19-13)17-8-10-4-5-10/h7,10-11,16H,2-6,8-9H2,1H3,(H3,15,17,18,19). The molecule has 1 aromatic rings. The molecule has 0 aromatic carbocycles. The highest BCUT2D eigenvalue weighted by Gasteiger charge is 2.22. The zero-order chi connectivity index (χ0) is 13.9. The number of hydrogen-bond donors (Lipinski definition) is 3. The molecule has 1 atom stereocenters. The largest absolute Gasteiger partial charge is 0.370 e. The average Bonchev–Trinajstić information content (AvgIpc) is 3.29. The number of piperidine rings is 1. The summed E-state index contributed by atoms with van der Waals surface area (Å²) in [5, 5.41) is 6.73. The molecule has 0 radical (unpaired) electrons. The Morgan fingerprint density at radius 1 is 1.35 bits per heavy atom. The topological polar surface area (TPSA) is 79.1 Å². The zero-order valence-electron chi connectivity index (χ0n) is 12.1. The molecule has 2 heterocycles. The van der Waals surface area contributed by atoms with Gasteiger partial charge in [0.1, 0.15) is 11.6 Å². The second kappa shape index (κ2) is 5.83. The maximum absolute atomic E-state index is 5.85. The molecule has 0 amide bonds. The van der Waals surface area contributed by atoms with Crippen LogP contribution in [0.4, 0.5) is 17.6 Å². The molecule has 1 aliphatic heterocycles. The maximum Gasteiger partial charge on any atom is 0.223 e. The number of rotatable bonds is 5. The molecule has 4 N–H and O–H groups in total. The van der Waals surface area contributed by atoms with Crippen LogP contribution in [0.15, 0.2) is 6.07 Å². The van der Waals surface area contributed by atoms with Gasteiger partial charge in [0.2, 0.25) is 5.95 Å². The first-order valence-electron chi connectivity index (χ1n) is 7.55. The molecule has 6 nitrogen and oxygen atoms in total. The van der Waals surface area contributed by atoms with Gasteiger partial charge in [0.05, 0.1) is 0 Å². The third-order valence-electron chi connectivity index (χ3n) is 4.15. The van der Waals surface area contributed by atoms with E-state index < -0.39 is 0 Å². The summed E-state index contributed by atoms with van der Waals surface area (Å²) in [7, 11) is 2.02. The van der Waals surface area contributed by atoms with Crippen molar-refractivity contribution >= 4 is 17.6 Å². The Hall–Kier alpha value is -1.56. The van der Waals surface area contributed by atoms with Crippen LogP contribution in [-0.4, -0.2) is 42.7 Å². The Labute approximate surface area is 120 Å². The van der Waals surface area contributed by atoms with Crippen LogP contribution in [-0.2, 0) is 0 Å². The minimum Gasteiger partial charge on any atom is -0.370 e. The van der Waals surface area contributed by atoms with Gasteiger partial charge in [-0.25, -0.2) is 0 Å². The van der Waals surface area contributed by atoms with Gasteiger partial charge in [-0.2, -0.15) is 9.97 Å². The molecule has 0 bridgehead atoms. The van der Waals surface area contributed by atoms with E-state index >= 15 is 0 Å². The fraction of sp³-hybridized carbons (Fsp3) is 0.714. The molecular weight excluding hydrogens is 252 g/mol. The number of hydrogen-bond acceptors (Lipinski definition) is 6. The average molecular weight is 276 g/mol. The lowest BCUT2D eigenvalue weighted by Crippen LogP contribution is -2.44. The van der Waals surface area contributed by atoms with Crippen molar-refractivity contribution in [2.24, 2.45) is 5.92 Å².